The van der Waals surface area contributed by atoms with Crippen LogP contribution in [0.25, 0.3) is 0 Å². The van der Waals surface area contributed by atoms with E-state index < -0.39 is 20.0 Å². The average molecular weight is 1200 g/mol. The Morgan fingerprint density at radius 2 is 0.690 bits per heavy atom. The zero-order valence-electron chi connectivity index (χ0n) is 56.9. The van der Waals surface area contributed by atoms with Gasteiger partial charge in [-0.1, -0.05) is 358 Å². The lowest BCUT2D eigenvalue weighted by molar-refractivity contribution is -0.870. The number of carbonyl (C=O) groups is 1. The molecule has 84 heavy (non-hydrogen) atoms. The van der Waals surface area contributed by atoms with Crippen LogP contribution in [0.5, 0.6) is 0 Å². The molecule has 0 aromatic carbocycles. The highest BCUT2D eigenvalue weighted by molar-refractivity contribution is 7.45. The second-order valence-electron chi connectivity index (χ2n) is 26.7. The second kappa shape index (κ2) is 65.9. The van der Waals surface area contributed by atoms with Gasteiger partial charge in [-0.2, -0.15) is 0 Å². The van der Waals surface area contributed by atoms with E-state index >= 15 is 0 Å². The highest BCUT2D eigenvalue weighted by Gasteiger charge is 2.23. The maximum Gasteiger partial charge on any atom is 0.268 e. The Labute approximate surface area is 524 Å². The summed E-state index contributed by atoms with van der Waals surface area (Å²) in [5.74, 6) is -0.190. The van der Waals surface area contributed by atoms with Crippen molar-refractivity contribution in [3.05, 3.63) is 48.6 Å². The van der Waals surface area contributed by atoms with Gasteiger partial charge in [0.15, 0.2) is 0 Å². The molecule has 2 N–H and O–H groups in total. The van der Waals surface area contributed by atoms with Crippen LogP contribution >= 0.6 is 7.82 Å². The highest BCUT2D eigenvalue weighted by atomic mass is 31.2. The molecule has 0 aliphatic carbocycles. The van der Waals surface area contributed by atoms with Crippen LogP contribution in [-0.2, 0) is 18.4 Å². The Bertz CT molecular complexity index is 1510. The molecule has 0 heterocycles. The summed E-state index contributed by atoms with van der Waals surface area (Å²) in [7, 11) is 1.28. The highest BCUT2D eigenvalue weighted by Crippen LogP contribution is 2.38. The molecular weight excluding hydrogens is 1060 g/mol. The van der Waals surface area contributed by atoms with Gasteiger partial charge in [0.2, 0.25) is 5.91 Å². The Morgan fingerprint density at radius 3 is 1.00 bits per heavy atom. The first-order chi connectivity index (χ1) is 41.0. The molecule has 0 spiro atoms. The number of allylic oxidation sites excluding steroid dienone is 7. The molecule has 0 aliphatic rings. The largest absolute Gasteiger partial charge is 0.756 e. The molecule has 0 bridgehead atoms. The summed E-state index contributed by atoms with van der Waals surface area (Å²) in [6, 6.07) is -0.888. The van der Waals surface area contributed by atoms with Crippen molar-refractivity contribution in [1.29, 1.82) is 0 Å². The lowest BCUT2D eigenvalue weighted by atomic mass is 10.0. The first-order valence-corrected chi connectivity index (χ1v) is 38.5. The van der Waals surface area contributed by atoms with E-state index in [4.69, 9.17) is 9.05 Å². The molecule has 0 saturated heterocycles. The summed E-state index contributed by atoms with van der Waals surface area (Å²) in [4.78, 5) is 25.7. The molecule has 0 aliphatic heterocycles. The van der Waals surface area contributed by atoms with Gasteiger partial charge in [0, 0.05) is 6.42 Å². The summed E-state index contributed by atoms with van der Waals surface area (Å²) in [6.45, 7) is 4.69. The molecule has 0 rings (SSSR count). The van der Waals surface area contributed by atoms with Crippen molar-refractivity contribution in [2.75, 3.05) is 40.9 Å². The number of unbranched alkanes of at least 4 members (excludes halogenated alkanes) is 50. The molecule has 0 radical (unpaired) electrons. The van der Waals surface area contributed by atoms with E-state index in [1.807, 2.05) is 27.2 Å². The number of likely N-dealkylation sites (N-methyl/N-ethyl adjacent to an activating group) is 1. The van der Waals surface area contributed by atoms with E-state index in [1.54, 1.807) is 6.08 Å². The molecule has 0 saturated carbocycles. The summed E-state index contributed by atoms with van der Waals surface area (Å²) in [5.41, 5.74) is 0. The second-order valence-corrected chi connectivity index (χ2v) is 28.1. The van der Waals surface area contributed by atoms with Crippen molar-refractivity contribution < 1.29 is 32.9 Å². The van der Waals surface area contributed by atoms with Crippen molar-refractivity contribution in [3.63, 3.8) is 0 Å². The number of nitrogens with zero attached hydrogens (tertiary/aromatic N) is 1. The van der Waals surface area contributed by atoms with Crippen molar-refractivity contribution in [3.8, 4) is 0 Å². The molecule has 496 valence electrons. The SMILES string of the molecule is CCCCCCC/C=C\C/C=C\C/C=C\CCCCCCCCCCCCCCCCCCCCCCC(=O)NC(COP(=O)([O-])OCC[N+](C)(C)C)C(O)/C=C/CCCCCCCCCCCCCCCCCCCCCCCCCCC. The number of carbonyl (C=O) groups excluding carboxylic acids is 1. The van der Waals surface area contributed by atoms with Crippen LogP contribution in [0.2, 0.25) is 0 Å². The summed E-state index contributed by atoms with van der Waals surface area (Å²) in [5, 5.41) is 14.0. The topological polar surface area (TPSA) is 108 Å². The zero-order valence-corrected chi connectivity index (χ0v) is 57.8. The first-order valence-electron chi connectivity index (χ1n) is 37.0. The molecule has 8 nitrogen and oxygen atoms in total. The average Bonchev–Trinajstić information content (AvgIpc) is 3.56. The van der Waals surface area contributed by atoms with Crippen LogP contribution in [0.15, 0.2) is 48.6 Å². The van der Waals surface area contributed by atoms with Crippen molar-refractivity contribution in [2.24, 2.45) is 0 Å². The zero-order chi connectivity index (χ0) is 61.2. The number of quaternary nitrogens is 1. The smallest absolute Gasteiger partial charge is 0.268 e. The normalized spacial score (nSPS) is 13.8. The van der Waals surface area contributed by atoms with Crippen molar-refractivity contribution in [2.45, 2.75) is 386 Å². The third-order valence-corrected chi connectivity index (χ3v) is 18.0. The van der Waals surface area contributed by atoms with Gasteiger partial charge in [0.25, 0.3) is 7.82 Å². The minimum Gasteiger partial charge on any atom is -0.756 e. The Balaban J connectivity index is 4.00. The Morgan fingerprint density at radius 1 is 0.417 bits per heavy atom. The van der Waals surface area contributed by atoms with Gasteiger partial charge in [0.1, 0.15) is 13.2 Å². The van der Waals surface area contributed by atoms with Gasteiger partial charge in [-0.3, -0.25) is 9.36 Å². The number of hydrogen-bond acceptors (Lipinski definition) is 6. The van der Waals surface area contributed by atoms with Crippen LogP contribution in [0.1, 0.15) is 373 Å². The number of phosphoric acid groups is 1. The molecule has 3 unspecified atom stereocenters. The molecule has 9 heteroatoms. The lowest BCUT2D eigenvalue weighted by Gasteiger charge is -2.29. The lowest BCUT2D eigenvalue weighted by Crippen LogP contribution is -2.45. The Hall–Kier alpha value is -1.54. The number of nitrogens with one attached hydrogen (secondary N) is 1. The molecule has 1 amide bonds. The van der Waals surface area contributed by atoms with Crippen molar-refractivity contribution >= 4 is 13.7 Å². The van der Waals surface area contributed by atoms with E-state index in [1.165, 1.54) is 302 Å². The predicted octanol–water partition coefficient (Wildman–Crippen LogP) is 23.2. The van der Waals surface area contributed by atoms with Crippen LogP contribution in [-0.4, -0.2) is 68.5 Å². The van der Waals surface area contributed by atoms with Gasteiger partial charge in [-0.25, -0.2) is 0 Å². The number of aliphatic hydroxyl groups is 1. The fraction of sp³-hybridized carbons (Fsp3) is 0.880. The number of amides is 1. The van der Waals surface area contributed by atoms with Gasteiger partial charge >= 0.3 is 0 Å². The van der Waals surface area contributed by atoms with Gasteiger partial charge in [-0.05, 0) is 57.8 Å². The van der Waals surface area contributed by atoms with Crippen molar-refractivity contribution in [1.82, 2.24) is 5.32 Å². The fourth-order valence-electron chi connectivity index (χ4n) is 11.3. The standard InChI is InChI=1S/C75H145N2O6P/c1-6-8-10-12-14-16-18-20-22-24-26-28-30-32-34-35-36-37-38-39-40-41-43-45-47-49-51-53-55-57-59-61-63-65-67-69-75(79)76-73(72-83-84(80,81)82-71-70-77(3,4)5)74(78)68-66-64-62-60-58-56-54-52-50-48-46-44-42-33-31-29-27-25-23-21-19-17-15-13-11-9-7-2/h18,20,24,26,30,32,66,68,73-74,78H,6-17,19,21-23,25,27-29,31,33-65,67,69-72H2,1-5H3,(H-,76,79,80,81)/b20-18-,26-24-,32-30-,68-66+. The minimum absolute atomic E-state index is 0.000537. The molecule has 0 aromatic rings. The van der Waals surface area contributed by atoms with E-state index in [2.05, 4.69) is 55.6 Å². The van der Waals surface area contributed by atoms with Crippen LogP contribution < -0.4 is 10.2 Å². The maximum absolute atomic E-state index is 13.1. The van der Waals surface area contributed by atoms with E-state index in [9.17, 15) is 19.4 Å². The summed E-state index contributed by atoms with van der Waals surface area (Å²) >= 11 is 0. The van der Waals surface area contributed by atoms with E-state index in [0.29, 0.717) is 17.4 Å². The third kappa shape index (κ3) is 68.0. The number of aliphatic hydroxyl groups excluding tert-OH is 1. The summed E-state index contributed by atoms with van der Waals surface area (Å²) < 4.78 is 23.5. The molecule has 0 fully saturated rings. The molecular formula is C75H145N2O6P. The Kier molecular flexibility index (Phi) is 64.7. The summed E-state index contributed by atoms with van der Waals surface area (Å²) in [6.07, 6.45) is 89.6. The quantitative estimate of drug-likeness (QED) is 0.0272. The molecule has 0 aromatic heterocycles. The number of hydrogen-bond donors (Lipinski definition) is 2. The van der Waals surface area contributed by atoms with E-state index in [-0.39, 0.29) is 19.1 Å². The number of rotatable bonds is 69. The molecule has 3 atom stereocenters. The van der Waals surface area contributed by atoms with Gasteiger partial charge in [0.05, 0.1) is 39.9 Å². The number of phosphoric ester groups is 1. The fourth-order valence-corrected chi connectivity index (χ4v) is 12.0. The van der Waals surface area contributed by atoms with Gasteiger partial charge in [-0.15, -0.1) is 0 Å². The third-order valence-electron chi connectivity index (χ3n) is 17.0. The van der Waals surface area contributed by atoms with E-state index in [0.717, 1.165) is 51.4 Å². The minimum atomic E-state index is -4.60. The van der Waals surface area contributed by atoms with Gasteiger partial charge < -0.3 is 28.8 Å². The monoisotopic (exact) mass is 1200 g/mol. The first kappa shape index (κ1) is 82.5. The van der Waals surface area contributed by atoms with Crippen LogP contribution in [0, 0.1) is 0 Å². The maximum atomic E-state index is 13.1. The van der Waals surface area contributed by atoms with Crippen LogP contribution in [0.4, 0.5) is 0 Å². The van der Waals surface area contributed by atoms with Crippen LogP contribution in [0.3, 0.4) is 0 Å². The predicted molar refractivity (Wildman–Crippen MR) is 367 cm³/mol.